The topological polar surface area (TPSA) is 105 Å². The quantitative estimate of drug-likeness (QED) is 0.637. The van der Waals surface area contributed by atoms with Crippen LogP contribution in [0.15, 0.2) is 47.4 Å². The molecule has 2 fully saturated rings. The number of ether oxygens (including phenoxy) is 1. The number of nitrogens with one attached hydrogen (secondary N) is 2. The number of hydrogen-bond donors (Lipinski definition) is 2. The lowest BCUT2D eigenvalue weighted by Gasteiger charge is -2.17. The number of amides is 2. The van der Waals surface area contributed by atoms with Gasteiger partial charge in [-0.2, -0.15) is 0 Å². The Kier molecular flexibility index (Phi) is 6.80. The van der Waals surface area contributed by atoms with E-state index in [4.69, 9.17) is 16.3 Å². The molecule has 2 aromatic rings. The fourth-order valence-electron chi connectivity index (χ4n) is 3.81. The third-order valence-corrected chi connectivity index (χ3v) is 7.40. The van der Waals surface area contributed by atoms with Crippen LogP contribution in [0.3, 0.4) is 0 Å². The number of sulfonamides is 1. The van der Waals surface area contributed by atoms with E-state index in [1.807, 2.05) is 6.07 Å². The van der Waals surface area contributed by atoms with E-state index in [-0.39, 0.29) is 34.0 Å². The van der Waals surface area contributed by atoms with Gasteiger partial charge < -0.3 is 15.0 Å². The molecule has 0 spiro atoms. The van der Waals surface area contributed by atoms with Crippen LogP contribution >= 0.6 is 11.6 Å². The number of benzene rings is 2. The van der Waals surface area contributed by atoms with Crippen LogP contribution in [-0.4, -0.2) is 46.0 Å². The average Bonchev–Trinajstić information content (AvgIpc) is 3.44. The van der Waals surface area contributed by atoms with Crippen molar-refractivity contribution >= 4 is 44.8 Å². The molecule has 10 heteroatoms. The molecule has 2 saturated heterocycles. The Morgan fingerprint density at radius 3 is 2.75 bits per heavy atom. The molecule has 1 unspecified atom stereocenters. The van der Waals surface area contributed by atoms with Crippen molar-refractivity contribution in [2.24, 2.45) is 0 Å². The fraction of sp³-hybridized carbons (Fsp3) is 0.364. The molecule has 8 nitrogen and oxygen atoms in total. The zero-order valence-corrected chi connectivity index (χ0v) is 18.9. The van der Waals surface area contributed by atoms with Crippen molar-refractivity contribution in [2.45, 2.75) is 36.7 Å². The van der Waals surface area contributed by atoms with Gasteiger partial charge in [0.25, 0.3) is 5.91 Å². The van der Waals surface area contributed by atoms with Gasteiger partial charge in [-0.15, -0.1) is 0 Å². The number of halogens is 1. The molecular weight excluding hydrogens is 454 g/mol. The van der Waals surface area contributed by atoms with Crippen molar-refractivity contribution in [3.8, 4) is 0 Å². The Labute approximate surface area is 191 Å². The summed E-state index contributed by atoms with van der Waals surface area (Å²) in [7, 11) is -3.92. The Bertz CT molecular complexity index is 1130. The third kappa shape index (κ3) is 5.12. The first-order chi connectivity index (χ1) is 15.3. The standard InChI is InChI=1S/C22H24ClN3O5S/c23-19-9-8-15(12-20(19)32(29,30)24-14-18-6-3-11-31-18)22(28)25-16-4-1-5-17(13-16)26-10-2-7-21(26)27/h1,4-5,8-9,12-13,18,24H,2-3,6-7,10-11,14H2,(H,25,28). The Morgan fingerprint density at radius 2 is 2.03 bits per heavy atom. The number of rotatable bonds is 7. The molecule has 2 amide bonds. The van der Waals surface area contributed by atoms with Gasteiger partial charge in [-0.25, -0.2) is 13.1 Å². The zero-order valence-electron chi connectivity index (χ0n) is 17.3. The molecule has 2 aliphatic rings. The molecule has 0 aromatic heterocycles. The zero-order chi connectivity index (χ0) is 22.7. The predicted octanol–water partition coefficient (Wildman–Crippen LogP) is 3.18. The third-order valence-electron chi connectivity index (χ3n) is 5.50. The highest BCUT2D eigenvalue weighted by molar-refractivity contribution is 7.89. The summed E-state index contributed by atoms with van der Waals surface area (Å²) in [5.74, 6) is -0.432. The second kappa shape index (κ2) is 9.58. The van der Waals surface area contributed by atoms with Gasteiger partial charge >= 0.3 is 0 Å². The van der Waals surface area contributed by atoms with Crippen molar-refractivity contribution < 1.29 is 22.7 Å². The molecule has 1 atom stereocenters. The number of anilines is 2. The largest absolute Gasteiger partial charge is 0.377 e. The number of hydrogen-bond acceptors (Lipinski definition) is 5. The normalized spacial score (nSPS) is 18.8. The van der Waals surface area contributed by atoms with E-state index >= 15 is 0 Å². The van der Waals surface area contributed by atoms with Gasteiger partial charge in [-0.3, -0.25) is 9.59 Å². The van der Waals surface area contributed by atoms with Crippen molar-refractivity contribution in [1.82, 2.24) is 4.72 Å². The van der Waals surface area contributed by atoms with Crippen LogP contribution in [0.4, 0.5) is 11.4 Å². The predicted molar refractivity (Wildman–Crippen MR) is 122 cm³/mol. The van der Waals surface area contributed by atoms with Gasteiger partial charge in [0.1, 0.15) is 4.90 Å². The van der Waals surface area contributed by atoms with Crippen LogP contribution in [0, 0.1) is 0 Å². The number of carbonyl (C=O) groups is 2. The summed E-state index contributed by atoms with van der Waals surface area (Å²) >= 11 is 6.13. The van der Waals surface area contributed by atoms with Crippen molar-refractivity contribution in [1.29, 1.82) is 0 Å². The Morgan fingerprint density at radius 1 is 1.19 bits per heavy atom. The Hall–Kier alpha value is -2.46. The highest BCUT2D eigenvalue weighted by atomic mass is 35.5. The molecule has 170 valence electrons. The van der Waals surface area contributed by atoms with E-state index < -0.39 is 15.9 Å². The van der Waals surface area contributed by atoms with Gasteiger partial charge in [0.05, 0.1) is 11.1 Å². The molecule has 2 heterocycles. The summed E-state index contributed by atoms with van der Waals surface area (Å²) in [6.07, 6.45) is 2.85. The smallest absolute Gasteiger partial charge is 0.255 e. The van der Waals surface area contributed by atoms with E-state index in [1.54, 1.807) is 23.1 Å². The average molecular weight is 478 g/mol. The molecule has 2 aliphatic heterocycles. The minimum absolute atomic E-state index is 0.0240. The SMILES string of the molecule is O=C(Nc1cccc(N2CCCC2=O)c1)c1ccc(Cl)c(S(=O)(=O)NCC2CCCO2)c1. The maximum atomic E-state index is 12.8. The summed E-state index contributed by atoms with van der Waals surface area (Å²) < 4.78 is 33.4. The van der Waals surface area contributed by atoms with Gasteiger partial charge in [-0.05, 0) is 55.7 Å². The van der Waals surface area contributed by atoms with Gasteiger partial charge in [0.15, 0.2) is 0 Å². The molecule has 32 heavy (non-hydrogen) atoms. The maximum absolute atomic E-state index is 12.8. The molecule has 0 bridgehead atoms. The summed E-state index contributed by atoms with van der Waals surface area (Å²) in [5, 5.41) is 2.78. The summed E-state index contributed by atoms with van der Waals surface area (Å²) in [4.78, 5) is 26.3. The van der Waals surface area contributed by atoms with E-state index in [0.717, 1.165) is 19.3 Å². The molecule has 2 N–H and O–H groups in total. The van der Waals surface area contributed by atoms with Crippen LogP contribution in [0.1, 0.15) is 36.0 Å². The number of nitrogens with zero attached hydrogens (tertiary/aromatic N) is 1. The van der Waals surface area contributed by atoms with Crippen molar-refractivity contribution in [2.75, 3.05) is 29.9 Å². The highest BCUT2D eigenvalue weighted by Gasteiger charge is 2.24. The van der Waals surface area contributed by atoms with E-state index in [2.05, 4.69) is 10.0 Å². The molecule has 2 aromatic carbocycles. The maximum Gasteiger partial charge on any atom is 0.255 e. The van der Waals surface area contributed by atoms with Crippen molar-refractivity contribution in [3.05, 3.63) is 53.1 Å². The van der Waals surface area contributed by atoms with Gasteiger partial charge in [-0.1, -0.05) is 17.7 Å². The van der Waals surface area contributed by atoms with E-state index in [1.165, 1.54) is 18.2 Å². The first-order valence-corrected chi connectivity index (χ1v) is 12.3. The fourth-order valence-corrected chi connectivity index (χ4v) is 5.40. The second-order valence-corrected chi connectivity index (χ2v) is 9.93. The van der Waals surface area contributed by atoms with Crippen LogP contribution < -0.4 is 14.9 Å². The van der Waals surface area contributed by atoms with E-state index in [0.29, 0.717) is 30.9 Å². The summed E-state index contributed by atoms with van der Waals surface area (Å²) in [6, 6.07) is 11.1. The minimum Gasteiger partial charge on any atom is -0.377 e. The van der Waals surface area contributed by atoms with Crippen LogP contribution in [0.5, 0.6) is 0 Å². The van der Waals surface area contributed by atoms with Crippen LogP contribution in [0.25, 0.3) is 0 Å². The molecular formula is C22H24ClN3O5S. The monoisotopic (exact) mass is 477 g/mol. The van der Waals surface area contributed by atoms with Crippen molar-refractivity contribution in [3.63, 3.8) is 0 Å². The van der Waals surface area contributed by atoms with Gasteiger partial charge in [0, 0.05) is 43.1 Å². The lowest BCUT2D eigenvalue weighted by Crippen LogP contribution is -2.32. The lowest BCUT2D eigenvalue weighted by molar-refractivity contribution is -0.117. The number of carbonyl (C=O) groups excluding carboxylic acids is 2. The van der Waals surface area contributed by atoms with Crippen LogP contribution in [0.2, 0.25) is 5.02 Å². The summed E-state index contributed by atoms with van der Waals surface area (Å²) in [6.45, 7) is 1.42. The second-order valence-electron chi connectivity index (χ2n) is 7.79. The van der Waals surface area contributed by atoms with E-state index in [9.17, 15) is 18.0 Å². The first kappa shape index (κ1) is 22.7. The highest BCUT2D eigenvalue weighted by Crippen LogP contribution is 2.26. The lowest BCUT2D eigenvalue weighted by atomic mass is 10.2. The molecule has 0 radical (unpaired) electrons. The van der Waals surface area contributed by atoms with Crippen LogP contribution in [-0.2, 0) is 19.6 Å². The molecule has 0 aliphatic carbocycles. The first-order valence-electron chi connectivity index (χ1n) is 10.5. The molecule has 0 saturated carbocycles. The molecule has 4 rings (SSSR count). The Balaban J connectivity index is 1.49. The minimum atomic E-state index is -3.92. The van der Waals surface area contributed by atoms with Gasteiger partial charge in [0.2, 0.25) is 15.9 Å². The summed E-state index contributed by atoms with van der Waals surface area (Å²) in [5.41, 5.74) is 1.36.